The SMILES string of the molecule is COCC(COP(=O)(O)OC1C(O)C(O)C(OC)C(O)C1O)OC. The smallest absolute Gasteiger partial charge is 0.387 e. The predicted octanol–water partition coefficient (Wildman–Crippen LogP) is -2.38. The van der Waals surface area contributed by atoms with Crippen molar-refractivity contribution in [1.82, 2.24) is 0 Å². The topological polar surface area (TPSA) is 164 Å². The first-order valence-corrected chi connectivity index (χ1v) is 8.60. The summed E-state index contributed by atoms with van der Waals surface area (Å²) in [6.45, 7) is -0.263. The van der Waals surface area contributed by atoms with E-state index < -0.39 is 50.6 Å². The molecule has 5 N–H and O–H groups in total. The molecule has 0 saturated heterocycles. The molecular formula is C12H25O11P. The molecule has 24 heavy (non-hydrogen) atoms. The van der Waals surface area contributed by atoms with Gasteiger partial charge in [0.15, 0.2) is 0 Å². The molecule has 0 heterocycles. The average molecular weight is 376 g/mol. The molecule has 0 radical (unpaired) electrons. The minimum atomic E-state index is -4.73. The lowest BCUT2D eigenvalue weighted by Crippen LogP contribution is -2.64. The fraction of sp³-hybridized carbons (Fsp3) is 1.00. The number of ether oxygens (including phenoxy) is 3. The van der Waals surface area contributed by atoms with Gasteiger partial charge in [0, 0.05) is 21.3 Å². The van der Waals surface area contributed by atoms with Gasteiger partial charge in [0.1, 0.15) is 42.7 Å². The van der Waals surface area contributed by atoms with Crippen LogP contribution in [0.4, 0.5) is 0 Å². The Bertz CT molecular complexity index is 406. The van der Waals surface area contributed by atoms with Gasteiger partial charge in [-0.05, 0) is 0 Å². The van der Waals surface area contributed by atoms with Gasteiger partial charge in [-0.15, -0.1) is 0 Å². The summed E-state index contributed by atoms with van der Waals surface area (Å²) < 4.78 is 36.0. The molecule has 0 aromatic carbocycles. The summed E-state index contributed by atoms with van der Waals surface area (Å²) in [5.74, 6) is 0. The lowest BCUT2D eigenvalue weighted by molar-refractivity contribution is -0.226. The number of methoxy groups -OCH3 is 3. The van der Waals surface area contributed by atoms with E-state index >= 15 is 0 Å². The van der Waals surface area contributed by atoms with Crippen LogP contribution >= 0.6 is 7.82 Å². The first-order valence-electron chi connectivity index (χ1n) is 7.11. The van der Waals surface area contributed by atoms with Crippen LogP contribution in [0.3, 0.4) is 0 Å². The number of aliphatic hydroxyl groups excluding tert-OH is 4. The molecule has 1 fully saturated rings. The molecule has 1 aliphatic carbocycles. The van der Waals surface area contributed by atoms with E-state index in [1.165, 1.54) is 21.3 Å². The molecule has 0 aromatic heterocycles. The van der Waals surface area contributed by atoms with Crippen LogP contribution in [0.15, 0.2) is 0 Å². The number of rotatable bonds is 9. The van der Waals surface area contributed by atoms with Gasteiger partial charge in [0.2, 0.25) is 0 Å². The molecule has 12 heteroatoms. The third-order valence-corrected chi connectivity index (χ3v) is 4.67. The third kappa shape index (κ3) is 5.41. The van der Waals surface area contributed by atoms with Crippen molar-refractivity contribution in [2.75, 3.05) is 34.5 Å². The molecular weight excluding hydrogens is 351 g/mol. The predicted molar refractivity (Wildman–Crippen MR) is 78.1 cm³/mol. The molecule has 144 valence electrons. The Balaban J connectivity index is 2.73. The molecule has 11 nitrogen and oxygen atoms in total. The van der Waals surface area contributed by atoms with Crippen molar-refractivity contribution in [3.8, 4) is 0 Å². The number of aliphatic hydroxyl groups is 4. The standard InChI is InChI=1S/C12H25O11P/c1-19-4-6(20-2)5-22-24(17,18)23-12-9(15)7(13)11(21-3)8(14)10(12)16/h6-16H,4-5H2,1-3H3,(H,17,18). The van der Waals surface area contributed by atoms with Crippen LogP contribution < -0.4 is 0 Å². The van der Waals surface area contributed by atoms with Gasteiger partial charge < -0.3 is 39.5 Å². The second-order valence-electron chi connectivity index (χ2n) is 5.31. The van der Waals surface area contributed by atoms with Crippen molar-refractivity contribution in [1.29, 1.82) is 0 Å². The van der Waals surface area contributed by atoms with Crippen LogP contribution in [0.25, 0.3) is 0 Å². The van der Waals surface area contributed by atoms with Gasteiger partial charge in [-0.3, -0.25) is 9.05 Å². The summed E-state index contributed by atoms with van der Waals surface area (Å²) in [7, 11) is -0.804. The highest BCUT2D eigenvalue weighted by molar-refractivity contribution is 7.47. The maximum atomic E-state index is 12.0. The number of phosphoric acid groups is 1. The molecule has 6 atom stereocenters. The monoisotopic (exact) mass is 376 g/mol. The quantitative estimate of drug-likeness (QED) is 0.273. The van der Waals surface area contributed by atoms with Gasteiger partial charge in [0.05, 0.1) is 13.2 Å². The van der Waals surface area contributed by atoms with Crippen LogP contribution in [0, 0.1) is 0 Å². The van der Waals surface area contributed by atoms with Crippen molar-refractivity contribution in [3.63, 3.8) is 0 Å². The van der Waals surface area contributed by atoms with E-state index in [1.807, 2.05) is 0 Å². The van der Waals surface area contributed by atoms with E-state index in [0.29, 0.717) is 0 Å². The molecule has 1 aliphatic rings. The van der Waals surface area contributed by atoms with Crippen LogP contribution in [0.5, 0.6) is 0 Å². The summed E-state index contributed by atoms with van der Waals surface area (Å²) in [6, 6.07) is 0. The Morgan fingerprint density at radius 2 is 1.42 bits per heavy atom. The fourth-order valence-corrected chi connectivity index (χ4v) is 3.29. The van der Waals surface area contributed by atoms with Crippen molar-refractivity contribution < 1.29 is 53.1 Å². The molecule has 1 rings (SSSR count). The third-order valence-electron chi connectivity index (χ3n) is 3.68. The van der Waals surface area contributed by atoms with Crippen molar-refractivity contribution in [2.45, 2.75) is 42.7 Å². The van der Waals surface area contributed by atoms with E-state index in [0.717, 1.165) is 0 Å². The van der Waals surface area contributed by atoms with Crippen molar-refractivity contribution in [3.05, 3.63) is 0 Å². The lowest BCUT2D eigenvalue weighted by atomic mass is 9.85. The van der Waals surface area contributed by atoms with E-state index in [4.69, 9.17) is 23.3 Å². The number of hydrogen-bond donors (Lipinski definition) is 5. The first-order chi connectivity index (χ1) is 11.2. The molecule has 0 spiro atoms. The molecule has 0 amide bonds. The van der Waals surface area contributed by atoms with Gasteiger partial charge in [-0.2, -0.15) is 0 Å². The second kappa shape index (κ2) is 9.51. The zero-order chi connectivity index (χ0) is 18.5. The summed E-state index contributed by atoms with van der Waals surface area (Å²) in [6.07, 6.45) is -10.5. The minimum absolute atomic E-state index is 0.0954. The molecule has 0 bridgehead atoms. The minimum Gasteiger partial charge on any atom is -0.387 e. The Hall–Kier alpha value is -0.170. The molecule has 6 unspecified atom stereocenters. The Morgan fingerprint density at radius 1 is 0.917 bits per heavy atom. The highest BCUT2D eigenvalue weighted by Crippen LogP contribution is 2.47. The molecule has 0 aromatic rings. The van der Waals surface area contributed by atoms with E-state index in [-0.39, 0.29) is 13.2 Å². The average Bonchev–Trinajstić information content (AvgIpc) is 2.54. The van der Waals surface area contributed by atoms with Crippen LogP contribution in [0.1, 0.15) is 0 Å². The summed E-state index contributed by atoms with van der Waals surface area (Å²) in [4.78, 5) is 9.71. The first kappa shape index (κ1) is 21.9. The Kier molecular flexibility index (Phi) is 8.66. The Morgan fingerprint density at radius 3 is 1.83 bits per heavy atom. The van der Waals surface area contributed by atoms with Crippen LogP contribution in [-0.4, -0.2) is 103 Å². The van der Waals surface area contributed by atoms with E-state index in [9.17, 15) is 29.9 Å². The normalized spacial score (nSPS) is 37.8. The maximum Gasteiger partial charge on any atom is 0.472 e. The largest absolute Gasteiger partial charge is 0.472 e. The highest BCUT2D eigenvalue weighted by atomic mass is 31.2. The van der Waals surface area contributed by atoms with Gasteiger partial charge >= 0.3 is 7.82 Å². The molecule has 1 saturated carbocycles. The summed E-state index contributed by atoms with van der Waals surface area (Å²) in [5, 5.41) is 39.6. The Labute approximate surface area is 139 Å². The van der Waals surface area contributed by atoms with Gasteiger partial charge in [-0.25, -0.2) is 4.57 Å². The highest BCUT2D eigenvalue weighted by Gasteiger charge is 2.52. The van der Waals surface area contributed by atoms with E-state index in [1.54, 1.807) is 0 Å². The summed E-state index contributed by atoms with van der Waals surface area (Å²) in [5.41, 5.74) is 0. The van der Waals surface area contributed by atoms with E-state index in [2.05, 4.69) is 0 Å². The molecule has 0 aliphatic heterocycles. The van der Waals surface area contributed by atoms with Crippen molar-refractivity contribution >= 4 is 7.82 Å². The van der Waals surface area contributed by atoms with Gasteiger partial charge in [-0.1, -0.05) is 0 Å². The second-order valence-corrected chi connectivity index (χ2v) is 6.72. The maximum absolute atomic E-state index is 12.0. The van der Waals surface area contributed by atoms with Gasteiger partial charge in [0.25, 0.3) is 0 Å². The number of hydrogen-bond acceptors (Lipinski definition) is 10. The number of phosphoric ester groups is 1. The fourth-order valence-electron chi connectivity index (χ4n) is 2.32. The summed E-state index contributed by atoms with van der Waals surface area (Å²) >= 11 is 0. The van der Waals surface area contributed by atoms with Crippen molar-refractivity contribution in [2.24, 2.45) is 0 Å². The van der Waals surface area contributed by atoms with Crippen LogP contribution in [-0.2, 0) is 27.8 Å². The lowest BCUT2D eigenvalue weighted by Gasteiger charge is -2.42. The van der Waals surface area contributed by atoms with Crippen LogP contribution in [0.2, 0.25) is 0 Å². The zero-order valence-corrected chi connectivity index (χ0v) is 14.5. The zero-order valence-electron chi connectivity index (χ0n) is 13.6.